The molecule has 9 heteroatoms. The van der Waals surface area contributed by atoms with Crippen LogP contribution in [-0.2, 0) is 9.53 Å². The van der Waals surface area contributed by atoms with Crippen molar-refractivity contribution >= 4 is 41.1 Å². The Morgan fingerprint density at radius 2 is 2.16 bits per heavy atom. The number of hydrogen-bond acceptors (Lipinski definition) is 6. The van der Waals surface area contributed by atoms with E-state index < -0.39 is 11.8 Å². The molecule has 1 aliphatic rings. The molecule has 0 saturated carbocycles. The Morgan fingerprint density at radius 1 is 1.28 bits per heavy atom. The Kier molecular flexibility index (Phi) is 6.63. The molecule has 164 valence electrons. The van der Waals surface area contributed by atoms with Crippen molar-refractivity contribution in [2.45, 2.75) is 12.5 Å². The predicted molar refractivity (Wildman–Crippen MR) is 122 cm³/mol. The van der Waals surface area contributed by atoms with Crippen LogP contribution in [0.1, 0.15) is 12.0 Å². The zero-order valence-electron chi connectivity index (χ0n) is 16.9. The zero-order valence-corrected chi connectivity index (χ0v) is 17.6. The molecule has 0 amide bonds. The van der Waals surface area contributed by atoms with Gasteiger partial charge in [0.15, 0.2) is 0 Å². The number of carboxylic acids is 1. The van der Waals surface area contributed by atoms with Crippen LogP contribution in [0.3, 0.4) is 0 Å². The van der Waals surface area contributed by atoms with Crippen LogP contribution >= 0.6 is 11.6 Å². The van der Waals surface area contributed by atoms with Gasteiger partial charge in [-0.05, 0) is 47.9 Å². The van der Waals surface area contributed by atoms with Crippen molar-refractivity contribution in [3.8, 4) is 11.1 Å². The molecule has 1 unspecified atom stereocenters. The molecule has 0 bridgehead atoms. The molecule has 0 aliphatic carbocycles. The maximum absolute atomic E-state index is 13.5. The minimum Gasteiger partial charge on any atom is -0.478 e. The Bertz CT molecular complexity index is 1170. The van der Waals surface area contributed by atoms with E-state index in [4.69, 9.17) is 21.4 Å². The molecule has 32 heavy (non-hydrogen) atoms. The number of halogens is 2. The van der Waals surface area contributed by atoms with Crippen molar-refractivity contribution in [3.05, 3.63) is 71.1 Å². The monoisotopic (exact) mass is 454 g/mol. The third kappa shape index (κ3) is 5.40. The van der Waals surface area contributed by atoms with Crippen LogP contribution in [0.15, 0.2) is 54.7 Å². The van der Waals surface area contributed by atoms with Crippen LogP contribution in [0.5, 0.6) is 0 Å². The summed E-state index contributed by atoms with van der Waals surface area (Å²) < 4.78 is 18.9. The fourth-order valence-electron chi connectivity index (χ4n) is 3.29. The molecule has 3 aromatic rings. The van der Waals surface area contributed by atoms with Crippen molar-refractivity contribution in [3.63, 3.8) is 0 Å². The summed E-state index contributed by atoms with van der Waals surface area (Å²) in [5, 5.41) is 15.3. The van der Waals surface area contributed by atoms with E-state index in [0.717, 1.165) is 29.2 Å². The number of carboxylic acid groups (broad SMARTS) is 1. The molecule has 1 atom stereocenters. The second-order valence-electron chi connectivity index (χ2n) is 7.21. The molecule has 3 N–H and O–H groups in total. The van der Waals surface area contributed by atoms with Crippen molar-refractivity contribution in [1.29, 1.82) is 0 Å². The van der Waals surface area contributed by atoms with E-state index in [1.165, 1.54) is 18.2 Å². The van der Waals surface area contributed by atoms with Crippen LogP contribution in [0, 0.1) is 5.82 Å². The molecule has 2 aromatic carbocycles. The molecule has 4 rings (SSSR count). The normalized spacial score (nSPS) is 15.8. The molecular weight excluding hydrogens is 435 g/mol. The van der Waals surface area contributed by atoms with Gasteiger partial charge in [-0.2, -0.15) is 4.98 Å². The zero-order chi connectivity index (χ0) is 22.5. The summed E-state index contributed by atoms with van der Waals surface area (Å²) in [6.07, 6.45) is 5.14. The van der Waals surface area contributed by atoms with Crippen molar-refractivity contribution in [2.75, 3.05) is 23.8 Å². The summed E-state index contributed by atoms with van der Waals surface area (Å²) in [5.74, 6) is -0.599. The average Bonchev–Trinajstić information content (AvgIpc) is 3.28. The number of hydrogen-bond donors (Lipinski definition) is 3. The number of anilines is 3. The van der Waals surface area contributed by atoms with Crippen molar-refractivity contribution in [1.82, 2.24) is 9.97 Å². The Labute approximate surface area is 188 Å². The Balaban J connectivity index is 1.67. The lowest BCUT2D eigenvalue weighted by molar-refractivity contribution is -0.131. The number of rotatable bonds is 7. The molecule has 1 aliphatic heterocycles. The van der Waals surface area contributed by atoms with Gasteiger partial charge in [0.1, 0.15) is 11.6 Å². The topological polar surface area (TPSA) is 96.4 Å². The fourth-order valence-corrected chi connectivity index (χ4v) is 3.47. The third-order valence-electron chi connectivity index (χ3n) is 4.85. The molecule has 1 aromatic heterocycles. The first kappa shape index (κ1) is 21.7. The number of aromatic nitrogens is 2. The van der Waals surface area contributed by atoms with Crippen molar-refractivity contribution < 1.29 is 19.0 Å². The van der Waals surface area contributed by atoms with Gasteiger partial charge in [-0.25, -0.2) is 14.2 Å². The smallest absolute Gasteiger partial charge is 0.328 e. The van der Waals surface area contributed by atoms with Crippen LogP contribution in [0.2, 0.25) is 5.02 Å². The lowest BCUT2D eigenvalue weighted by Gasteiger charge is -2.17. The molecule has 0 spiro atoms. The van der Waals surface area contributed by atoms with Gasteiger partial charge in [0.05, 0.1) is 17.7 Å². The van der Waals surface area contributed by atoms with Gasteiger partial charge in [-0.1, -0.05) is 29.8 Å². The lowest BCUT2D eigenvalue weighted by Crippen LogP contribution is -2.20. The van der Waals surface area contributed by atoms with E-state index in [0.29, 0.717) is 30.7 Å². The van der Waals surface area contributed by atoms with E-state index in [1.54, 1.807) is 12.3 Å². The van der Waals surface area contributed by atoms with E-state index in [2.05, 4.69) is 20.6 Å². The summed E-state index contributed by atoms with van der Waals surface area (Å²) in [6.45, 7) is 1.24. The van der Waals surface area contributed by atoms with Crippen LogP contribution < -0.4 is 10.6 Å². The van der Waals surface area contributed by atoms with Crippen LogP contribution in [0.25, 0.3) is 17.2 Å². The van der Waals surface area contributed by atoms with Gasteiger partial charge in [0, 0.05) is 30.1 Å². The second kappa shape index (κ2) is 9.76. The minimum atomic E-state index is -1.02. The lowest BCUT2D eigenvalue weighted by atomic mass is 10.0. The van der Waals surface area contributed by atoms with Gasteiger partial charge in [-0.3, -0.25) is 0 Å². The van der Waals surface area contributed by atoms with E-state index >= 15 is 0 Å². The van der Waals surface area contributed by atoms with E-state index in [9.17, 15) is 9.18 Å². The highest BCUT2D eigenvalue weighted by Gasteiger charge is 2.19. The van der Waals surface area contributed by atoms with Crippen LogP contribution in [0.4, 0.5) is 21.8 Å². The van der Waals surface area contributed by atoms with Gasteiger partial charge >= 0.3 is 5.97 Å². The number of ether oxygens (including phenoxy) is 1. The molecule has 0 radical (unpaired) electrons. The van der Waals surface area contributed by atoms with Gasteiger partial charge < -0.3 is 20.5 Å². The van der Waals surface area contributed by atoms with Crippen molar-refractivity contribution in [2.24, 2.45) is 0 Å². The Morgan fingerprint density at radius 3 is 2.91 bits per heavy atom. The summed E-state index contributed by atoms with van der Waals surface area (Å²) in [7, 11) is 0. The summed E-state index contributed by atoms with van der Waals surface area (Å²) in [6, 6.07) is 11.8. The number of nitrogens with zero attached hydrogens (tertiary/aromatic N) is 2. The summed E-state index contributed by atoms with van der Waals surface area (Å²) >= 11 is 5.87. The Hall–Kier alpha value is -3.49. The largest absolute Gasteiger partial charge is 0.478 e. The maximum atomic E-state index is 13.5. The molecule has 7 nitrogen and oxygen atoms in total. The van der Waals surface area contributed by atoms with Gasteiger partial charge in [0.2, 0.25) is 5.95 Å². The summed E-state index contributed by atoms with van der Waals surface area (Å²) in [4.78, 5) is 19.9. The average molecular weight is 455 g/mol. The van der Waals surface area contributed by atoms with Gasteiger partial charge in [0.25, 0.3) is 0 Å². The predicted octanol–water partition coefficient (Wildman–Crippen LogP) is 4.98. The van der Waals surface area contributed by atoms with Gasteiger partial charge in [-0.15, -0.1) is 0 Å². The molecule has 1 saturated heterocycles. The number of carbonyl (C=O) groups is 1. The summed E-state index contributed by atoms with van der Waals surface area (Å²) in [5.41, 5.74) is 2.88. The minimum absolute atomic E-state index is 0.000645. The molecule has 1 fully saturated rings. The fraction of sp³-hybridized carbons (Fsp3) is 0.174. The second-order valence-corrected chi connectivity index (χ2v) is 7.62. The maximum Gasteiger partial charge on any atom is 0.328 e. The van der Waals surface area contributed by atoms with E-state index in [-0.39, 0.29) is 11.1 Å². The first-order valence-electron chi connectivity index (χ1n) is 9.93. The first-order valence-corrected chi connectivity index (χ1v) is 10.3. The third-order valence-corrected chi connectivity index (χ3v) is 5.14. The number of aliphatic carboxylic acids is 1. The molecular formula is C23H20ClFN4O3. The number of benzene rings is 2. The van der Waals surface area contributed by atoms with Crippen LogP contribution in [-0.4, -0.2) is 40.3 Å². The highest BCUT2D eigenvalue weighted by Crippen LogP contribution is 2.30. The standard InChI is InChI=1S/C23H20ClFN4O3/c24-19-11-16(5-6-20(19)25)28-23-26-12-18(22(29-23)27-17-8-9-32-13-17)15-3-1-2-14(10-15)4-7-21(30)31/h1-7,10-12,17H,8-9,13H2,(H,30,31)(H2,26,27,28,29)/b7-4+. The SMILES string of the molecule is O=C(O)/C=C/c1cccc(-c2cnc(Nc3ccc(F)c(Cl)c3)nc2NC2CCOC2)c1. The van der Waals surface area contributed by atoms with E-state index in [1.807, 2.05) is 24.3 Å². The highest BCUT2D eigenvalue weighted by molar-refractivity contribution is 6.31. The quantitative estimate of drug-likeness (QED) is 0.433. The molecule has 2 heterocycles. The first-order chi connectivity index (χ1) is 15.5. The highest BCUT2D eigenvalue weighted by atomic mass is 35.5. The number of nitrogens with one attached hydrogen (secondary N) is 2.